The van der Waals surface area contributed by atoms with Crippen molar-refractivity contribution in [2.24, 2.45) is 16.6 Å². The number of guanidine groups is 1. The van der Waals surface area contributed by atoms with Gasteiger partial charge in [-0.1, -0.05) is 38.1 Å². The zero-order chi connectivity index (χ0) is 15.3. The Kier molecular flexibility index (Phi) is 5.48. The molecule has 0 amide bonds. The van der Waals surface area contributed by atoms with Crippen molar-refractivity contribution >= 4 is 5.96 Å². The average molecular weight is 283 g/mol. The highest BCUT2D eigenvalue weighted by molar-refractivity contribution is 5.77. The summed E-state index contributed by atoms with van der Waals surface area (Å²) in [5.74, 6) is -1.85. The minimum atomic E-state index is -2.81. The number of hydrogen-bond acceptors (Lipinski definition) is 1. The lowest BCUT2D eigenvalue weighted by Crippen LogP contribution is -2.36. The van der Waals surface area contributed by atoms with Crippen molar-refractivity contribution in [1.82, 2.24) is 4.90 Å². The van der Waals surface area contributed by atoms with E-state index in [2.05, 4.69) is 18.8 Å². The summed E-state index contributed by atoms with van der Waals surface area (Å²) in [5, 5.41) is 0. The second-order valence-electron chi connectivity index (χ2n) is 5.53. The minimum Gasteiger partial charge on any atom is -0.370 e. The van der Waals surface area contributed by atoms with Crippen LogP contribution in [0.1, 0.15) is 31.9 Å². The molecule has 0 bridgehead atoms. The fraction of sp³-hybridized carbons (Fsp3) is 0.533. The monoisotopic (exact) mass is 283 g/mol. The van der Waals surface area contributed by atoms with E-state index < -0.39 is 5.92 Å². The van der Waals surface area contributed by atoms with Crippen molar-refractivity contribution in [1.29, 1.82) is 0 Å². The second kappa shape index (κ2) is 6.68. The molecule has 0 fully saturated rings. The smallest absolute Gasteiger partial charge is 0.270 e. The van der Waals surface area contributed by atoms with Crippen LogP contribution in [0.15, 0.2) is 29.3 Å². The minimum absolute atomic E-state index is 0.00938. The average Bonchev–Trinajstić information content (AvgIpc) is 2.34. The quantitative estimate of drug-likeness (QED) is 0.666. The van der Waals surface area contributed by atoms with Gasteiger partial charge in [0.25, 0.3) is 5.92 Å². The van der Waals surface area contributed by atoms with Crippen LogP contribution in [0, 0.1) is 5.92 Å². The van der Waals surface area contributed by atoms with Gasteiger partial charge < -0.3 is 10.6 Å². The number of hydrogen-bond donors (Lipinski definition) is 1. The van der Waals surface area contributed by atoms with E-state index in [0.717, 1.165) is 19.0 Å². The first-order chi connectivity index (χ1) is 9.20. The van der Waals surface area contributed by atoms with E-state index in [1.54, 1.807) is 12.1 Å². The highest BCUT2D eigenvalue weighted by Crippen LogP contribution is 2.26. The molecule has 0 unspecified atom stereocenters. The van der Waals surface area contributed by atoms with Crippen LogP contribution in [0.5, 0.6) is 0 Å². The van der Waals surface area contributed by atoms with E-state index in [1.807, 2.05) is 11.9 Å². The van der Waals surface area contributed by atoms with Crippen LogP contribution in [0.2, 0.25) is 0 Å². The topological polar surface area (TPSA) is 41.6 Å². The third-order valence-corrected chi connectivity index (χ3v) is 2.91. The van der Waals surface area contributed by atoms with Crippen molar-refractivity contribution in [2.75, 3.05) is 13.6 Å². The van der Waals surface area contributed by atoms with Crippen molar-refractivity contribution in [3.05, 3.63) is 35.4 Å². The Bertz CT molecular complexity index is 447. The molecule has 1 aromatic rings. The molecule has 3 nitrogen and oxygen atoms in total. The molecule has 0 aromatic heterocycles. The Morgan fingerprint density at radius 3 is 2.30 bits per heavy atom. The summed E-state index contributed by atoms with van der Waals surface area (Å²) in [6.07, 6.45) is 0. The number of nitrogens with two attached hydrogens (primary N) is 1. The SMILES string of the molecule is CC(C)CN(C)C(N)=NCc1ccc(C(C)(F)F)cc1. The summed E-state index contributed by atoms with van der Waals surface area (Å²) >= 11 is 0. The molecule has 0 spiro atoms. The van der Waals surface area contributed by atoms with Gasteiger partial charge in [-0.25, -0.2) is 13.8 Å². The van der Waals surface area contributed by atoms with Crippen molar-refractivity contribution in [2.45, 2.75) is 33.2 Å². The predicted molar refractivity (Wildman–Crippen MR) is 78.8 cm³/mol. The normalized spacial score (nSPS) is 12.8. The van der Waals surface area contributed by atoms with Crippen LogP contribution >= 0.6 is 0 Å². The van der Waals surface area contributed by atoms with Gasteiger partial charge in [0.2, 0.25) is 0 Å². The molecular formula is C15H23F2N3. The van der Waals surface area contributed by atoms with Gasteiger partial charge in [0.15, 0.2) is 5.96 Å². The lowest BCUT2D eigenvalue weighted by Gasteiger charge is -2.20. The first kappa shape index (κ1) is 16.4. The van der Waals surface area contributed by atoms with Crippen LogP contribution in [0.25, 0.3) is 0 Å². The molecule has 1 rings (SSSR count). The van der Waals surface area contributed by atoms with Gasteiger partial charge >= 0.3 is 0 Å². The third-order valence-electron chi connectivity index (χ3n) is 2.91. The number of alkyl halides is 2. The molecule has 0 saturated carbocycles. The molecule has 0 atom stereocenters. The second-order valence-corrected chi connectivity index (χ2v) is 5.53. The lowest BCUT2D eigenvalue weighted by atomic mass is 10.1. The predicted octanol–water partition coefficient (Wildman–Crippen LogP) is 3.20. The van der Waals surface area contributed by atoms with Crippen molar-refractivity contribution in [3.63, 3.8) is 0 Å². The van der Waals surface area contributed by atoms with E-state index in [1.165, 1.54) is 12.1 Å². The molecule has 0 heterocycles. The van der Waals surface area contributed by atoms with Gasteiger partial charge in [-0.05, 0) is 11.5 Å². The highest BCUT2D eigenvalue weighted by Gasteiger charge is 2.23. The number of aliphatic imine (C=N–C) groups is 1. The summed E-state index contributed by atoms with van der Waals surface area (Å²) in [6, 6.07) is 6.18. The van der Waals surface area contributed by atoms with E-state index >= 15 is 0 Å². The van der Waals surface area contributed by atoms with Crippen LogP contribution in [-0.2, 0) is 12.5 Å². The van der Waals surface area contributed by atoms with Crippen LogP contribution in [0.3, 0.4) is 0 Å². The Morgan fingerprint density at radius 1 is 1.30 bits per heavy atom. The van der Waals surface area contributed by atoms with Gasteiger partial charge in [0.05, 0.1) is 6.54 Å². The maximum atomic E-state index is 13.1. The van der Waals surface area contributed by atoms with Crippen molar-refractivity contribution in [3.8, 4) is 0 Å². The van der Waals surface area contributed by atoms with E-state index in [4.69, 9.17) is 5.73 Å². The maximum absolute atomic E-state index is 13.1. The summed E-state index contributed by atoms with van der Waals surface area (Å²) in [7, 11) is 1.89. The number of benzene rings is 1. The number of nitrogens with zero attached hydrogens (tertiary/aromatic N) is 2. The number of halogens is 2. The Morgan fingerprint density at radius 2 is 1.85 bits per heavy atom. The van der Waals surface area contributed by atoms with Gasteiger partial charge in [-0.15, -0.1) is 0 Å². The molecule has 0 aliphatic carbocycles. The molecule has 5 heteroatoms. The fourth-order valence-electron chi connectivity index (χ4n) is 1.84. The summed E-state index contributed by atoms with van der Waals surface area (Å²) < 4.78 is 26.1. The molecule has 0 aliphatic heterocycles. The highest BCUT2D eigenvalue weighted by atomic mass is 19.3. The zero-order valence-corrected chi connectivity index (χ0v) is 12.5. The van der Waals surface area contributed by atoms with E-state index in [-0.39, 0.29) is 5.56 Å². The third kappa shape index (κ3) is 5.15. The van der Waals surface area contributed by atoms with Crippen LogP contribution in [-0.4, -0.2) is 24.5 Å². The molecule has 0 radical (unpaired) electrons. The Balaban J connectivity index is 2.65. The lowest BCUT2D eigenvalue weighted by molar-refractivity contribution is 0.0174. The summed E-state index contributed by atoms with van der Waals surface area (Å²) in [6.45, 7) is 6.32. The van der Waals surface area contributed by atoms with Crippen LogP contribution in [0.4, 0.5) is 8.78 Å². The molecule has 1 aromatic carbocycles. The molecule has 0 saturated heterocycles. The van der Waals surface area contributed by atoms with Crippen LogP contribution < -0.4 is 5.73 Å². The number of rotatable bonds is 5. The first-order valence-corrected chi connectivity index (χ1v) is 6.68. The molecule has 112 valence electrons. The largest absolute Gasteiger partial charge is 0.370 e. The fourth-order valence-corrected chi connectivity index (χ4v) is 1.84. The molecular weight excluding hydrogens is 260 g/mol. The van der Waals surface area contributed by atoms with E-state index in [9.17, 15) is 8.78 Å². The zero-order valence-electron chi connectivity index (χ0n) is 12.5. The molecule has 2 N–H and O–H groups in total. The Hall–Kier alpha value is -1.65. The van der Waals surface area contributed by atoms with Gasteiger partial charge in [-0.2, -0.15) is 0 Å². The van der Waals surface area contributed by atoms with Gasteiger partial charge in [-0.3, -0.25) is 0 Å². The maximum Gasteiger partial charge on any atom is 0.270 e. The van der Waals surface area contributed by atoms with Gasteiger partial charge in [0, 0.05) is 26.1 Å². The van der Waals surface area contributed by atoms with E-state index in [0.29, 0.717) is 18.4 Å². The standard InChI is InChI=1S/C15H23F2N3/c1-11(2)10-20(4)14(18)19-9-12-5-7-13(8-6-12)15(3,16)17/h5-8,11H,9-10H2,1-4H3,(H2,18,19). The van der Waals surface area contributed by atoms with Crippen molar-refractivity contribution < 1.29 is 8.78 Å². The molecule has 0 aliphatic rings. The molecule has 20 heavy (non-hydrogen) atoms. The Labute approximate surface area is 119 Å². The summed E-state index contributed by atoms with van der Waals surface area (Å²) in [5.41, 5.74) is 6.74. The summed E-state index contributed by atoms with van der Waals surface area (Å²) in [4.78, 5) is 6.16. The van der Waals surface area contributed by atoms with Gasteiger partial charge in [0.1, 0.15) is 0 Å². The first-order valence-electron chi connectivity index (χ1n) is 6.68.